The number of aromatic nitrogens is 5. The van der Waals surface area contributed by atoms with E-state index in [0.29, 0.717) is 37.2 Å². The van der Waals surface area contributed by atoms with Gasteiger partial charge < -0.3 is 14.0 Å². The molecular weight excluding hydrogens is 274 g/mol. The number of ether oxygens (including phenoxy) is 2. The average Bonchev–Trinajstić information content (AvgIpc) is 3.09. The Bertz CT molecular complexity index is 533. The van der Waals surface area contributed by atoms with E-state index in [2.05, 4.69) is 27.4 Å². The molecule has 2 aromatic heterocycles. The number of aryl methyl sites for hydroxylation is 1. The van der Waals surface area contributed by atoms with Crippen molar-refractivity contribution in [2.75, 3.05) is 13.2 Å². The molecule has 0 aliphatic heterocycles. The lowest BCUT2D eigenvalue weighted by atomic mass is 10.3. The molecule has 2 aromatic rings. The van der Waals surface area contributed by atoms with Crippen molar-refractivity contribution in [1.82, 2.24) is 25.1 Å². The summed E-state index contributed by atoms with van der Waals surface area (Å²) < 4.78 is 17.8. The van der Waals surface area contributed by atoms with Crippen molar-refractivity contribution < 1.29 is 14.0 Å². The molecule has 0 aliphatic carbocycles. The molecule has 0 atom stereocenters. The van der Waals surface area contributed by atoms with Gasteiger partial charge in [0.25, 0.3) is 0 Å². The minimum absolute atomic E-state index is 0.384. The largest absolute Gasteiger partial charge is 0.347 e. The van der Waals surface area contributed by atoms with Crippen molar-refractivity contribution in [2.24, 2.45) is 0 Å². The third-order valence-electron chi connectivity index (χ3n) is 2.71. The SMILES string of the molecule is CCCc1noc(Cn2cc(C(OCC)OCC)nn2)n1. The molecule has 0 fully saturated rings. The first-order valence-electron chi connectivity index (χ1n) is 7.21. The molecule has 0 aromatic carbocycles. The molecule has 2 heterocycles. The summed E-state index contributed by atoms with van der Waals surface area (Å²) >= 11 is 0. The first kappa shape index (κ1) is 15.6. The van der Waals surface area contributed by atoms with E-state index in [1.807, 2.05) is 13.8 Å². The van der Waals surface area contributed by atoms with E-state index < -0.39 is 6.29 Å². The third kappa shape index (κ3) is 4.33. The fourth-order valence-corrected chi connectivity index (χ4v) is 1.84. The summed E-state index contributed by atoms with van der Waals surface area (Å²) in [6.45, 7) is 7.35. The predicted molar refractivity (Wildman–Crippen MR) is 73.4 cm³/mol. The number of hydrogen-bond donors (Lipinski definition) is 0. The van der Waals surface area contributed by atoms with Crippen LogP contribution in [0.15, 0.2) is 10.7 Å². The summed E-state index contributed by atoms with van der Waals surface area (Å²) in [7, 11) is 0. The monoisotopic (exact) mass is 295 g/mol. The Hall–Kier alpha value is -1.80. The summed E-state index contributed by atoms with van der Waals surface area (Å²) in [5.74, 6) is 1.23. The van der Waals surface area contributed by atoms with E-state index in [4.69, 9.17) is 14.0 Å². The van der Waals surface area contributed by atoms with Crippen LogP contribution < -0.4 is 0 Å². The van der Waals surface area contributed by atoms with Crippen LogP contribution in [0.5, 0.6) is 0 Å². The molecule has 0 aliphatic rings. The van der Waals surface area contributed by atoms with E-state index in [9.17, 15) is 0 Å². The Kier molecular flexibility index (Phi) is 5.82. The first-order chi connectivity index (χ1) is 10.3. The maximum atomic E-state index is 5.48. The van der Waals surface area contributed by atoms with Crippen LogP contribution >= 0.6 is 0 Å². The predicted octanol–water partition coefficient (Wildman–Crippen LogP) is 1.73. The lowest BCUT2D eigenvalue weighted by Crippen LogP contribution is -2.09. The highest BCUT2D eigenvalue weighted by atomic mass is 16.7. The van der Waals surface area contributed by atoms with E-state index in [-0.39, 0.29) is 0 Å². The van der Waals surface area contributed by atoms with Crippen molar-refractivity contribution in [3.05, 3.63) is 23.6 Å². The van der Waals surface area contributed by atoms with Gasteiger partial charge in [-0.1, -0.05) is 17.3 Å². The van der Waals surface area contributed by atoms with Gasteiger partial charge in [-0.05, 0) is 20.3 Å². The van der Waals surface area contributed by atoms with E-state index in [1.54, 1.807) is 10.9 Å². The van der Waals surface area contributed by atoms with Crippen LogP contribution in [0, 0.1) is 0 Å². The van der Waals surface area contributed by atoms with Crippen LogP contribution in [0.4, 0.5) is 0 Å². The highest BCUT2D eigenvalue weighted by Crippen LogP contribution is 2.16. The van der Waals surface area contributed by atoms with Crippen LogP contribution in [-0.4, -0.2) is 38.3 Å². The fourth-order valence-electron chi connectivity index (χ4n) is 1.84. The molecule has 0 saturated heterocycles. The Morgan fingerprint density at radius 2 is 2.00 bits per heavy atom. The maximum Gasteiger partial charge on any atom is 0.248 e. The fraction of sp³-hybridized carbons (Fsp3) is 0.692. The van der Waals surface area contributed by atoms with Gasteiger partial charge in [-0.15, -0.1) is 5.10 Å². The van der Waals surface area contributed by atoms with Gasteiger partial charge in [-0.2, -0.15) is 4.98 Å². The first-order valence-corrected chi connectivity index (χ1v) is 7.21. The molecular formula is C13H21N5O3. The van der Waals surface area contributed by atoms with E-state index >= 15 is 0 Å². The second-order valence-electron chi connectivity index (χ2n) is 4.44. The van der Waals surface area contributed by atoms with Gasteiger partial charge in [-0.25, -0.2) is 4.68 Å². The standard InChI is InChI=1S/C13H21N5O3/c1-4-7-11-14-12(21-16-11)9-18-8-10(15-17-18)13(19-5-2)20-6-3/h8,13H,4-7,9H2,1-3H3. The summed E-state index contributed by atoms with van der Waals surface area (Å²) in [5.41, 5.74) is 0.631. The molecule has 116 valence electrons. The normalized spacial score (nSPS) is 11.4. The Balaban J connectivity index is 2.00. The lowest BCUT2D eigenvalue weighted by Gasteiger charge is -2.13. The van der Waals surface area contributed by atoms with Crippen molar-refractivity contribution >= 4 is 0 Å². The van der Waals surface area contributed by atoms with Crippen LogP contribution in [0.2, 0.25) is 0 Å². The molecule has 8 nitrogen and oxygen atoms in total. The molecule has 0 radical (unpaired) electrons. The maximum absolute atomic E-state index is 5.48. The number of hydrogen-bond acceptors (Lipinski definition) is 7. The summed E-state index contributed by atoms with van der Waals surface area (Å²) in [5, 5.41) is 12.0. The summed E-state index contributed by atoms with van der Waals surface area (Å²) in [6, 6.07) is 0. The van der Waals surface area contributed by atoms with Gasteiger partial charge in [-0.3, -0.25) is 0 Å². The zero-order valence-electron chi connectivity index (χ0n) is 12.7. The molecule has 2 rings (SSSR count). The van der Waals surface area contributed by atoms with Crippen LogP contribution in [0.25, 0.3) is 0 Å². The Morgan fingerprint density at radius 1 is 1.24 bits per heavy atom. The second-order valence-corrected chi connectivity index (χ2v) is 4.44. The van der Waals surface area contributed by atoms with Crippen molar-refractivity contribution in [2.45, 2.75) is 46.4 Å². The van der Waals surface area contributed by atoms with Gasteiger partial charge in [0.2, 0.25) is 12.2 Å². The summed E-state index contributed by atoms with van der Waals surface area (Å²) in [6.07, 6.45) is 3.06. The van der Waals surface area contributed by atoms with Crippen molar-refractivity contribution in [3.8, 4) is 0 Å². The highest BCUT2D eigenvalue weighted by molar-refractivity contribution is 4.96. The van der Waals surface area contributed by atoms with E-state index in [0.717, 1.165) is 12.8 Å². The van der Waals surface area contributed by atoms with Crippen LogP contribution in [0.1, 0.15) is 50.9 Å². The minimum Gasteiger partial charge on any atom is -0.347 e. The molecule has 8 heteroatoms. The van der Waals surface area contributed by atoms with Crippen molar-refractivity contribution in [3.63, 3.8) is 0 Å². The van der Waals surface area contributed by atoms with Crippen molar-refractivity contribution in [1.29, 1.82) is 0 Å². The zero-order valence-corrected chi connectivity index (χ0v) is 12.7. The molecule has 0 saturated carbocycles. The zero-order chi connectivity index (χ0) is 15.1. The topological polar surface area (TPSA) is 88.1 Å². The molecule has 0 amide bonds. The quantitative estimate of drug-likeness (QED) is 0.651. The second kappa shape index (κ2) is 7.84. The Morgan fingerprint density at radius 3 is 2.67 bits per heavy atom. The van der Waals surface area contributed by atoms with E-state index in [1.165, 1.54) is 0 Å². The molecule has 21 heavy (non-hydrogen) atoms. The average molecular weight is 295 g/mol. The van der Waals surface area contributed by atoms with Gasteiger partial charge in [0.15, 0.2) is 5.82 Å². The van der Waals surface area contributed by atoms with Crippen LogP contribution in [0.3, 0.4) is 0 Å². The number of rotatable bonds is 9. The molecule has 0 spiro atoms. The smallest absolute Gasteiger partial charge is 0.248 e. The van der Waals surface area contributed by atoms with Gasteiger partial charge in [0.05, 0.1) is 6.20 Å². The summed E-state index contributed by atoms with van der Waals surface area (Å²) in [4.78, 5) is 4.29. The molecule has 0 unspecified atom stereocenters. The minimum atomic E-state index is -0.493. The molecule has 0 bridgehead atoms. The highest BCUT2D eigenvalue weighted by Gasteiger charge is 2.16. The van der Waals surface area contributed by atoms with Gasteiger partial charge in [0, 0.05) is 19.6 Å². The van der Waals surface area contributed by atoms with Gasteiger partial charge >= 0.3 is 0 Å². The van der Waals surface area contributed by atoms with Gasteiger partial charge in [0.1, 0.15) is 12.2 Å². The Labute approximate surface area is 123 Å². The molecule has 0 N–H and O–H groups in total. The lowest BCUT2D eigenvalue weighted by molar-refractivity contribution is -0.142. The number of nitrogens with zero attached hydrogens (tertiary/aromatic N) is 5. The third-order valence-corrected chi connectivity index (χ3v) is 2.71. The van der Waals surface area contributed by atoms with Crippen LogP contribution in [-0.2, 0) is 22.4 Å².